The number of aryl methyl sites for hydroxylation is 2. The Kier molecular flexibility index (Phi) is 6.12. The van der Waals surface area contributed by atoms with Crippen LogP contribution in [0.3, 0.4) is 0 Å². The second-order valence-corrected chi connectivity index (χ2v) is 9.71. The molecule has 2 saturated carbocycles. The summed E-state index contributed by atoms with van der Waals surface area (Å²) in [5.41, 5.74) is 3.84. The van der Waals surface area contributed by atoms with Gasteiger partial charge in [0, 0.05) is 0 Å². The Hall–Kier alpha value is -0.980. The van der Waals surface area contributed by atoms with Crippen molar-refractivity contribution in [1.29, 1.82) is 0 Å². The summed E-state index contributed by atoms with van der Waals surface area (Å²) in [6, 6.07) is 6.42. The SMILES string of the molecule is CC1(CCCCCCc2ccc(CCCCC3(C)CC3)cc2O)CC1. The van der Waals surface area contributed by atoms with Gasteiger partial charge in [-0.1, -0.05) is 51.7 Å². The van der Waals surface area contributed by atoms with Crippen LogP contribution in [-0.4, -0.2) is 5.11 Å². The molecule has 0 radical (unpaired) electrons. The minimum absolute atomic E-state index is 0.525. The van der Waals surface area contributed by atoms with Gasteiger partial charge in [-0.25, -0.2) is 0 Å². The van der Waals surface area contributed by atoms with Gasteiger partial charge in [0.2, 0.25) is 0 Å². The van der Waals surface area contributed by atoms with Gasteiger partial charge in [-0.2, -0.15) is 0 Å². The molecule has 0 saturated heterocycles. The van der Waals surface area contributed by atoms with Gasteiger partial charge >= 0.3 is 0 Å². The van der Waals surface area contributed by atoms with Crippen LogP contribution in [0.1, 0.15) is 102 Å². The minimum atomic E-state index is 0.525. The number of hydrogen-bond acceptors (Lipinski definition) is 1. The highest BCUT2D eigenvalue weighted by Gasteiger charge is 2.36. The summed E-state index contributed by atoms with van der Waals surface area (Å²) < 4.78 is 0. The Bertz CT molecular complexity index is 551. The van der Waals surface area contributed by atoms with E-state index in [0.29, 0.717) is 16.6 Å². The molecule has 0 spiro atoms. The zero-order chi connectivity index (χ0) is 17.8. The third kappa shape index (κ3) is 6.35. The first kappa shape index (κ1) is 18.8. The largest absolute Gasteiger partial charge is 0.508 e. The first-order valence-electron chi connectivity index (χ1n) is 10.8. The van der Waals surface area contributed by atoms with E-state index >= 15 is 0 Å². The van der Waals surface area contributed by atoms with Crippen LogP contribution in [0.2, 0.25) is 0 Å². The topological polar surface area (TPSA) is 20.2 Å². The summed E-state index contributed by atoms with van der Waals surface area (Å²) >= 11 is 0. The van der Waals surface area contributed by atoms with Crippen LogP contribution in [0, 0.1) is 10.8 Å². The molecule has 1 heteroatoms. The fraction of sp³-hybridized carbons (Fsp3) is 0.750. The number of aromatic hydroxyl groups is 1. The molecule has 3 rings (SSSR count). The third-order valence-electron chi connectivity index (χ3n) is 6.83. The lowest BCUT2D eigenvalue weighted by Crippen LogP contribution is -1.95. The molecular formula is C24H38O. The molecule has 0 atom stereocenters. The van der Waals surface area contributed by atoms with Crippen LogP contribution in [-0.2, 0) is 12.8 Å². The maximum absolute atomic E-state index is 10.3. The highest BCUT2D eigenvalue weighted by atomic mass is 16.3. The number of benzene rings is 1. The van der Waals surface area contributed by atoms with Gasteiger partial charge in [0.05, 0.1) is 0 Å². The highest BCUT2D eigenvalue weighted by molar-refractivity contribution is 5.36. The number of hydrogen-bond donors (Lipinski definition) is 1. The highest BCUT2D eigenvalue weighted by Crippen LogP contribution is 2.49. The average Bonchev–Trinajstić information content (AvgIpc) is 3.49. The molecule has 0 aliphatic heterocycles. The van der Waals surface area contributed by atoms with E-state index in [1.54, 1.807) is 0 Å². The van der Waals surface area contributed by atoms with Crippen molar-refractivity contribution in [2.24, 2.45) is 10.8 Å². The Balaban J connectivity index is 1.29. The van der Waals surface area contributed by atoms with E-state index in [1.807, 2.05) is 6.07 Å². The molecule has 1 aromatic carbocycles. The van der Waals surface area contributed by atoms with E-state index in [1.165, 1.54) is 82.6 Å². The molecule has 2 aliphatic rings. The molecule has 0 heterocycles. The third-order valence-corrected chi connectivity index (χ3v) is 6.83. The summed E-state index contributed by atoms with van der Waals surface area (Å²) in [5, 5.41) is 10.3. The molecule has 140 valence electrons. The van der Waals surface area contributed by atoms with Crippen molar-refractivity contribution >= 4 is 0 Å². The van der Waals surface area contributed by atoms with Gasteiger partial charge in [0.25, 0.3) is 0 Å². The zero-order valence-electron chi connectivity index (χ0n) is 16.6. The van der Waals surface area contributed by atoms with Gasteiger partial charge in [-0.3, -0.25) is 0 Å². The number of rotatable bonds is 12. The van der Waals surface area contributed by atoms with Gasteiger partial charge in [0.1, 0.15) is 5.75 Å². The number of phenols is 1. The molecule has 0 amide bonds. The first-order valence-corrected chi connectivity index (χ1v) is 10.8. The predicted molar refractivity (Wildman–Crippen MR) is 107 cm³/mol. The fourth-order valence-electron chi connectivity index (χ4n) is 4.00. The Morgan fingerprint density at radius 1 is 0.760 bits per heavy atom. The van der Waals surface area contributed by atoms with E-state index in [-0.39, 0.29) is 0 Å². The zero-order valence-corrected chi connectivity index (χ0v) is 16.6. The lowest BCUT2D eigenvalue weighted by atomic mass is 9.97. The van der Waals surface area contributed by atoms with Crippen molar-refractivity contribution in [2.45, 2.75) is 104 Å². The fourth-order valence-corrected chi connectivity index (χ4v) is 4.00. The van der Waals surface area contributed by atoms with E-state index in [0.717, 1.165) is 18.4 Å². The average molecular weight is 343 g/mol. The summed E-state index contributed by atoms with van der Waals surface area (Å²) in [7, 11) is 0. The second-order valence-electron chi connectivity index (χ2n) is 9.71. The molecule has 0 aromatic heterocycles. The molecule has 2 aliphatic carbocycles. The van der Waals surface area contributed by atoms with Crippen LogP contribution in [0.15, 0.2) is 18.2 Å². The summed E-state index contributed by atoms with van der Waals surface area (Å²) in [6.45, 7) is 4.85. The number of phenolic OH excluding ortho intramolecular Hbond substituents is 1. The second kappa shape index (κ2) is 8.14. The van der Waals surface area contributed by atoms with Crippen LogP contribution in [0.5, 0.6) is 5.75 Å². The van der Waals surface area contributed by atoms with Gasteiger partial charge in [-0.05, 0) is 92.2 Å². The number of unbranched alkanes of at least 4 members (excludes halogenated alkanes) is 4. The molecule has 1 nitrogen and oxygen atoms in total. The standard InChI is InChI=1S/C24H38O/c1-23(15-16-23)13-7-4-3-5-10-21-12-11-20(19-22(21)25)9-6-8-14-24(2)17-18-24/h11-12,19,25H,3-10,13-18H2,1-2H3. The molecule has 2 fully saturated rings. The summed E-state index contributed by atoms with van der Waals surface area (Å²) in [5.74, 6) is 0.525. The van der Waals surface area contributed by atoms with Crippen molar-refractivity contribution in [3.8, 4) is 5.75 Å². The normalized spacial score (nSPS) is 19.8. The van der Waals surface area contributed by atoms with E-state index in [4.69, 9.17) is 0 Å². The molecule has 0 bridgehead atoms. The lowest BCUT2D eigenvalue weighted by Gasteiger charge is -2.10. The molecule has 0 unspecified atom stereocenters. The molecule has 1 aromatic rings. The Morgan fingerprint density at radius 2 is 1.32 bits per heavy atom. The predicted octanol–water partition coefficient (Wildman–Crippen LogP) is 7.20. The van der Waals surface area contributed by atoms with E-state index in [9.17, 15) is 5.11 Å². The quantitative estimate of drug-likeness (QED) is 0.398. The maximum atomic E-state index is 10.3. The summed E-state index contributed by atoms with van der Waals surface area (Å²) in [4.78, 5) is 0. The van der Waals surface area contributed by atoms with Crippen LogP contribution < -0.4 is 0 Å². The monoisotopic (exact) mass is 342 g/mol. The first-order chi connectivity index (χ1) is 12.0. The van der Waals surface area contributed by atoms with Crippen LogP contribution in [0.25, 0.3) is 0 Å². The summed E-state index contributed by atoms with van der Waals surface area (Å²) in [6.07, 6.45) is 18.6. The van der Waals surface area contributed by atoms with Crippen molar-refractivity contribution in [3.05, 3.63) is 29.3 Å². The molecule has 1 N–H and O–H groups in total. The Labute approximate surface area is 155 Å². The van der Waals surface area contributed by atoms with Crippen LogP contribution in [0.4, 0.5) is 0 Å². The van der Waals surface area contributed by atoms with Crippen molar-refractivity contribution < 1.29 is 5.11 Å². The van der Waals surface area contributed by atoms with E-state index < -0.39 is 0 Å². The van der Waals surface area contributed by atoms with Gasteiger partial charge in [-0.15, -0.1) is 0 Å². The van der Waals surface area contributed by atoms with Crippen molar-refractivity contribution in [3.63, 3.8) is 0 Å². The maximum Gasteiger partial charge on any atom is 0.119 e. The minimum Gasteiger partial charge on any atom is -0.508 e. The lowest BCUT2D eigenvalue weighted by molar-refractivity contribution is 0.459. The Morgan fingerprint density at radius 3 is 1.92 bits per heavy atom. The van der Waals surface area contributed by atoms with Gasteiger partial charge in [0.15, 0.2) is 0 Å². The van der Waals surface area contributed by atoms with Crippen LogP contribution >= 0.6 is 0 Å². The molecule has 25 heavy (non-hydrogen) atoms. The van der Waals surface area contributed by atoms with Gasteiger partial charge < -0.3 is 5.11 Å². The van der Waals surface area contributed by atoms with E-state index in [2.05, 4.69) is 26.0 Å². The van der Waals surface area contributed by atoms with Crippen molar-refractivity contribution in [1.82, 2.24) is 0 Å². The smallest absolute Gasteiger partial charge is 0.119 e. The van der Waals surface area contributed by atoms with Crippen molar-refractivity contribution in [2.75, 3.05) is 0 Å². The molecular weight excluding hydrogens is 304 g/mol.